The fourth-order valence-electron chi connectivity index (χ4n) is 3.19. The van der Waals surface area contributed by atoms with Crippen molar-refractivity contribution in [2.75, 3.05) is 7.11 Å². The molecular formula is C28H26O5. The van der Waals surface area contributed by atoms with Crippen LogP contribution in [0.4, 0.5) is 0 Å². The summed E-state index contributed by atoms with van der Waals surface area (Å²) >= 11 is 0. The van der Waals surface area contributed by atoms with E-state index in [1.165, 1.54) is 0 Å². The van der Waals surface area contributed by atoms with Gasteiger partial charge >= 0.3 is 11.9 Å². The highest BCUT2D eigenvalue weighted by molar-refractivity contribution is 5.87. The molecule has 33 heavy (non-hydrogen) atoms. The standard InChI is InChI=1S/C28H26O5/c1-5-27(29)32-18-21-8-15-25(26(16-21)31-4)24-13-11-23(12-14-24)22-9-6-20(7-10-22)17-33-28(30)19(2)3/h5-16H,1-2,17-18H2,3-4H3. The van der Waals surface area contributed by atoms with Crippen molar-refractivity contribution in [3.63, 3.8) is 0 Å². The smallest absolute Gasteiger partial charge is 0.333 e. The van der Waals surface area contributed by atoms with Gasteiger partial charge in [0.25, 0.3) is 0 Å². The van der Waals surface area contributed by atoms with Crippen LogP contribution in [0.2, 0.25) is 0 Å². The molecule has 0 atom stereocenters. The van der Waals surface area contributed by atoms with Gasteiger partial charge in [-0.1, -0.05) is 73.8 Å². The lowest BCUT2D eigenvalue weighted by Gasteiger charge is -2.12. The lowest BCUT2D eigenvalue weighted by Crippen LogP contribution is -2.04. The Bertz CT molecular complexity index is 1160. The Morgan fingerprint density at radius 1 is 0.818 bits per heavy atom. The summed E-state index contributed by atoms with van der Waals surface area (Å²) in [6, 6.07) is 21.8. The van der Waals surface area contributed by atoms with Gasteiger partial charge in [0.05, 0.1) is 7.11 Å². The number of benzene rings is 3. The number of carbonyl (C=O) groups is 2. The van der Waals surface area contributed by atoms with E-state index in [4.69, 9.17) is 14.2 Å². The number of methoxy groups -OCH3 is 1. The van der Waals surface area contributed by atoms with E-state index in [2.05, 4.69) is 13.2 Å². The van der Waals surface area contributed by atoms with Crippen LogP contribution in [0.1, 0.15) is 18.1 Å². The first-order valence-corrected chi connectivity index (χ1v) is 10.4. The van der Waals surface area contributed by atoms with Crippen molar-refractivity contribution in [2.45, 2.75) is 20.1 Å². The van der Waals surface area contributed by atoms with E-state index in [9.17, 15) is 9.59 Å². The summed E-state index contributed by atoms with van der Waals surface area (Å²) in [5.41, 5.74) is 6.20. The van der Waals surface area contributed by atoms with Crippen LogP contribution in [0, 0.1) is 0 Å². The van der Waals surface area contributed by atoms with E-state index in [1.54, 1.807) is 14.0 Å². The third-order valence-corrected chi connectivity index (χ3v) is 5.02. The molecule has 3 aromatic carbocycles. The van der Waals surface area contributed by atoms with E-state index in [1.807, 2.05) is 66.7 Å². The molecule has 0 saturated carbocycles. The fourth-order valence-corrected chi connectivity index (χ4v) is 3.19. The van der Waals surface area contributed by atoms with Crippen LogP contribution >= 0.6 is 0 Å². The summed E-state index contributed by atoms with van der Waals surface area (Å²) in [5, 5.41) is 0. The highest BCUT2D eigenvalue weighted by atomic mass is 16.5. The average Bonchev–Trinajstić information content (AvgIpc) is 2.85. The second-order valence-electron chi connectivity index (χ2n) is 7.48. The normalized spacial score (nSPS) is 10.2. The SMILES string of the molecule is C=CC(=O)OCc1ccc(-c2ccc(-c3ccc(COC(=O)C(=C)C)cc3)cc2)c(OC)c1. The molecule has 0 aliphatic rings. The summed E-state index contributed by atoms with van der Waals surface area (Å²) in [4.78, 5) is 22.8. The summed E-state index contributed by atoms with van der Waals surface area (Å²) in [6.07, 6.45) is 1.14. The zero-order valence-electron chi connectivity index (χ0n) is 18.8. The molecule has 5 heteroatoms. The number of rotatable bonds is 9. The molecule has 0 bridgehead atoms. The number of ether oxygens (including phenoxy) is 3. The first-order valence-electron chi connectivity index (χ1n) is 10.4. The molecule has 0 spiro atoms. The Kier molecular flexibility index (Phi) is 7.82. The van der Waals surface area contributed by atoms with Gasteiger partial charge in [-0.15, -0.1) is 0 Å². The minimum atomic E-state index is -0.463. The number of hydrogen-bond donors (Lipinski definition) is 0. The van der Waals surface area contributed by atoms with Crippen LogP contribution in [-0.2, 0) is 32.3 Å². The topological polar surface area (TPSA) is 61.8 Å². The molecule has 5 nitrogen and oxygen atoms in total. The largest absolute Gasteiger partial charge is 0.496 e. The van der Waals surface area contributed by atoms with Gasteiger partial charge in [-0.2, -0.15) is 0 Å². The third-order valence-electron chi connectivity index (χ3n) is 5.02. The van der Waals surface area contributed by atoms with Crippen LogP contribution in [0.15, 0.2) is 91.5 Å². The minimum absolute atomic E-state index is 0.156. The van der Waals surface area contributed by atoms with Crippen LogP contribution in [0.5, 0.6) is 5.75 Å². The Balaban J connectivity index is 1.72. The maximum Gasteiger partial charge on any atom is 0.333 e. The van der Waals surface area contributed by atoms with Gasteiger partial charge in [0.15, 0.2) is 0 Å². The molecular weight excluding hydrogens is 416 g/mol. The van der Waals surface area contributed by atoms with Gasteiger partial charge < -0.3 is 14.2 Å². The molecule has 3 rings (SSSR count). The first-order chi connectivity index (χ1) is 15.9. The number of carbonyl (C=O) groups excluding carboxylic acids is 2. The second kappa shape index (κ2) is 11.0. The van der Waals surface area contributed by atoms with Crippen LogP contribution in [0.3, 0.4) is 0 Å². The van der Waals surface area contributed by atoms with Crippen molar-refractivity contribution in [3.05, 3.63) is 103 Å². The van der Waals surface area contributed by atoms with Crippen molar-refractivity contribution in [3.8, 4) is 28.0 Å². The molecule has 3 aromatic rings. The molecule has 0 aliphatic heterocycles. The molecule has 168 valence electrons. The molecule has 0 amide bonds. The van der Waals surface area contributed by atoms with Crippen molar-refractivity contribution >= 4 is 11.9 Å². The van der Waals surface area contributed by atoms with Crippen molar-refractivity contribution in [2.24, 2.45) is 0 Å². The summed E-state index contributed by atoms with van der Waals surface area (Å²) in [6.45, 7) is 8.97. The molecule has 0 radical (unpaired) electrons. The lowest BCUT2D eigenvalue weighted by atomic mass is 9.98. The van der Waals surface area contributed by atoms with Crippen LogP contribution in [-0.4, -0.2) is 19.0 Å². The van der Waals surface area contributed by atoms with Gasteiger partial charge in [-0.3, -0.25) is 0 Å². The maximum atomic E-state index is 11.5. The average molecular weight is 443 g/mol. The maximum absolute atomic E-state index is 11.5. The van der Waals surface area contributed by atoms with E-state index in [0.717, 1.165) is 39.5 Å². The van der Waals surface area contributed by atoms with Crippen molar-refractivity contribution < 1.29 is 23.8 Å². The van der Waals surface area contributed by atoms with Gasteiger partial charge in [0.1, 0.15) is 19.0 Å². The second-order valence-corrected chi connectivity index (χ2v) is 7.48. The van der Waals surface area contributed by atoms with Gasteiger partial charge in [0.2, 0.25) is 0 Å². The van der Waals surface area contributed by atoms with E-state index < -0.39 is 11.9 Å². The predicted molar refractivity (Wildman–Crippen MR) is 128 cm³/mol. The van der Waals surface area contributed by atoms with Crippen molar-refractivity contribution in [1.82, 2.24) is 0 Å². The zero-order valence-corrected chi connectivity index (χ0v) is 18.8. The predicted octanol–water partition coefficient (Wildman–Crippen LogP) is 5.88. The van der Waals surface area contributed by atoms with Gasteiger partial charge in [-0.25, -0.2) is 9.59 Å². The van der Waals surface area contributed by atoms with Crippen LogP contribution < -0.4 is 4.74 Å². The van der Waals surface area contributed by atoms with Gasteiger partial charge in [0, 0.05) is 17.2 Å². The minimum Gasteiger partial charge on any atom is -0.496 e. The zero-order chi connectivity index (χ0) is 23.8. The molecule has 0 heterocycles. The molecule has 0 aromatic heterocycles. The first kappa shape index (κ1) is 23.5. The summed E-state index contributed by atoms with van der Waals surface area (Å²) in [7, 11) is 1.61. The van der Waals surface area contributed by atoms with E-state index >= 15 is 0 Å². The molecule has 0 saturated heterocycles. The highest BCUT2D eigenvalue weighted by Gasteiger charge is 2.09. The monoisotopic (exact) mass is 442 g/mol. The van der Waals surface area contributed by atoms with Crippen LogP contribution in [0.25, 0.3) is 22.3 Å². The number of esters is 2. The van der Waals surface area contributed by atoms with E-state index in [-0.39, 0.29) is 13.2 Å². The van der Waals surface area contributed by atoms with Crippen molar-refractivity contribution in [1.29, 1.82) is 0 Å². The Labute approximate surface area is 193 Å². The highest BCUT2D eigenvalue weighted by Crippen LogP contribution is 2.32. The Morgan fingerprint density at radius 2 is 1.36 bits per heavy atom. The van der Waals surface area contributed by atoms with Gasteiger partial charge in [-0.05, 0) is 40.8 Å². The Morgan fingerprint density at radius 3 is 1.94 bits per heavy atom. The molecule has 0 unspecified atom stereocenters. The summed E-state index contributed by atoms with van der Waals surface area (Å²) < 4.78 is 15.8. The molecule has 0 N–H and O–H groups in total. The van der Waals surface area contributed by atoms with E-state index in [0.29, 0.717) is 11.3 Å². The lowest BCUT2D eigenvalue weighted by molar-refractivity contribution is -0.140. The Hall–Kier alpha value is -4.12. The number of hydrogen-bond acceptors (Lipinski definition) is 5. The summed E-state index contributed by atoms with van der Waals surface area (Å²) in [5.74, 6) is -0.158. The quantitative estimate of drug-likeness (QED) is 0.306. The molecule has 0 fully saturated rings. The third kappa shape index (κ3) is 6.20. The molecule has 0 aliphatic carbocycles. The fraction of sp³-hybridized carbons (Fsp3) is 0.143.